The van der Waals surface area contributed by atoms with Gasteiger partial charge in [0.2, 0.25) is 0 Å². The molecule has 2 aromatic heterocycles. The van der Waals surface area contributed by atoms with Crippen LogP contribution in [0, 0.1) is 20.2 Å². The highest BCUT2D eigenvalue weighted by molar-refractivity contribution is 6.04. The quantitative estimate of drug-likeness (QED) is 0.519. The van der Waals surface area contributed by atoms with Crippen LogP contribution in [0.4, 0.5) is 17.2 Å². The second-order valence-corrected chi connectivity index (χ2v) is 4.81. The van der Waals surface area contributed by atoms with Crippen molar-refractivity contribution in [1.29, 1.82) is 0 Å². The number of amides is 1. The average Bonchev–Trinajstić information content (AvgIpc) is 3.16. The van der Waals surface area contributed by atoms with Crippen molar-refractivity contribution >= 4 is 23.1 Å². The number of nitrogens with one attached hydrogen (secondary N) is 1. The normalized spacial score (nSPS) is 10.3. The Labute approximate surface area is 143 Å². The number of benzene rings is 1. The number of hydrogen-bond donors (Lipinski definition) is 1. The smallest absolute Gasteiger partial charge is 0.277 e. The number of anilines is 1. The number of aromatic nitrogens is 5. The molecule has 3 aromatic rings. The van der Waals surface area contributed by atoms with Gasteiger partial charge < -0.3 is 5.32 Å². The molecule has 0 aliphatic rings. The van der Waals surface area contributed by atoms with Gasteiger partial charge in [0.15, 0.2) is 5.82 Å². The van der Waals surface area contributed by atoms with Crippen molar-refractivity contribution in [3.05, 3.63) is 69.0 Å². The molecule has 3 rings (SSSR count). The lowest BCUT2D eigenvalue weighted by Crippen LogP contribution is -2.14. The fraction of sp³-hybridized carbons (Fsp3) is 0. The van der Waals surface area contributed by atoms with E-state index < -0.39 is 27.1 Å². The van der Waals surface area contributed by atoms with Gasteiger partial charge in [-0.3, -0.25) is 25.0 Å². The van der Waals surface area contributed by atoms with Crippen molar-refractivity contribution in [1.82, 2.24) is 24.7 Å². The Hall–Kier alpha value is -4.29. The van der Waals surface area contributed by atoms with Gasteiger partial charge in [-0.1, -0.05) is 0 Å². The molecule has 0 saturated carbocycles. The number of carbonyl (C=O) groups is 1. The molecule has 26 heavy (non-hydrogen) atoms. The van der Waals surface area contributed by atoms with E-state index in [9.17, 15) is 25.0 Å². The third-order valence-corrected chi connectivity index (χ3v) is 3.13. The molecule has 130 valence electrons. The Morgan fingerprint density at radius 1 is 1.00 bits per heavy atom. The van der Waals surface area contributed by atoms with E-state index in [-0.39, 0.29) is 11.4 Å². The van der Waals surface area contributed by atoms with Crippen LogP contribution in [-0.2, 0) is 0 Å². The third-order valence-electron chi connectivity index (χ3n) is 3.13. The minimum atomic E-state index is -0.822. The molecule has 0 radical (unpaired) electrons. The van der Waals surface area contributed by atoms with Gasteiger partial charge in [-0.25, -0.2) is 19.6 Å². The minimum Gasteiger partial charge on any atom is -0.306 e. The van der Waals surface area contributed by atoms with Crippen molar-refractivity contribution in [3.8, 4) is 5.82 Å². The van der Waals surface area contributed by atoms with Gasteiger partial charge in [0.1, 0.15) is 24.8 Å². The monoisotopic (exact) mass is 356 g/mol. The van der Waals surface area contributed by atoms with Crippen LogP contribution in [0.2, 0.25) is 0 Å². The van der Waals surface area contributed by atoms with Crippen LogP contribution >= 0.6 is 0 Å². The molecule has 0 atom stereocenters. The molecule has 0 saturated heterocycles. The third kappa shape index (κ3) is 3.45. The van der Waals surface area contributed by atoms with Gasteiger partial charge in [0.25, 0.3) is 17.3 Å². The number of rotatable bonds is 5. The van der Waals surface area contributed by atoms with Gasteiger partial charge in [0, 0.05) is 18.2 Å². The minimum absolute atomic E-state index is 0.0738. The van der Waals surface area contributed by atoms with Crippen molar-refractivity contribution in [2.24, 2.45) is 0 Å². The summed E-state index contributed by atoms with van der Waals surface area (Å²) in [6.07, 6.45) is 3.85. The number of non-ortho nitro benzene ring substituents is 2. The Bertz CT molecular complexity index is 971. The molecule has 0 aliphatic heterocycles. The van der Waals surface area contributed by atoms with Crippen LogP contribution in [0.1, 0.15) is 10.4 Å². The summed E-state index contributed by atoms with van der Waals surface area (Å²) in [5.74, 6) is -0.414. The summed E-state index contributed by atoms with van der Waals surface area (Å²) in [6.45, 7) is 0. The van der Waals surface area contributed by atoms with Gasteiger partial charge in [-0.15, -0.1) is 0 Å². The van der Waals surface area contributed by atoms with E-state index in [1.54, 1.807) is 0 Å². The van der Waals surface area contributed by atoms with Crippen LogP contribution in [0.15, 0.2) is 43.2 Å². The largest absolute Gasteiger partial charge is 0.306 e. The molecule has 0 spiro atoms. The fourth-order valence-corrected chi connectivity index (χ4v) is 1.99. The van der Waals surface area contributed by atoms with Gasteiger partial charge in [-0.2, -0.15) is 5.10 Å². The zero-order valence-corrected chi connectivity index (χ0v) is 12.7. The van der Waals surface area contributed by atoms with Crippen LogP contribution in [0.5, 0.6) is 0 Å². The number of hydrogen-bond acceptors (Lipinski definition) is 9. The molecule has 13 nitrogen and oxygen atoms in total. The number of nitrogens with zero attached hydrogens (tertiary/aromatic N) is 7. The summed E-state index contributed by atoms with van der Waals surface area (Å²) in [7, 11) is 0. The maximum Gasteiger partial charge on any atom is 0.277 e. The Kier molecular flexibility index (Phi) is 4.25. The summed E-state index contributed by atoms with van der Waals surface area (Å²) < 4.78 is 1.33. The second-order valence-electron chi connectivity index (χ2n) is 4.81. The first-order chi connectivity index (χ1) is 12.4. The van der Waals surface area contributed by atoms with E-state index in [2.05, 4.69) is 25.4 Å². The highest BCUT2D eigenvalue weighted by Gasteiger charge is 2.20. The summed E-state index contributed by atoms with van der Waals surface area (Å²) in [6, 6.07) is 4.02. The molecular formula is C13H8N8O5. The molecule has 1 N–H and O–H groups in total. The van der Waals surface area contributed by atoms with E-state index in [1.165, 1.54) is 29.7 Å². The predicted molar refractivity (Wildman–Crippen MR) is 84.7 cm³/mol. The maximum atomic E-state index is 12.3. The van der Waals surface area contributed by atoms with Crippen molar-refractivity contribution in [3.63, 3.8) is 0 Å². The topological polar surface area (TPSA) is 172 Å². The van der Waals surface area contributed by atoms with Gasteiger partial charge in [0.05, 0.1) is 21.5 Å². The lowest BCUT2D eigenvalue weighted by molar-refractivity contribution is -0.394. The first-order valence-electron chi connectivity index (χ1n) is 6.86. The SMILES string of the molecule is O=C(Nc1cc(-n2cncn2)ncn1)c1cc([N+](=O)[O-])cc([N+](=O)[O-])c1. The van der Waals surface area contributed by atoms with Crippen LogP contribution in [0.25, 0.3) is 5.82 Å². The molecule has 0 bridgehead atoms. The number of nitro benzene ring substituents is 2. The summed E-state index contributed by atoms with van der Waals surface area (Å²) in [5, 5.41) is 28.1. The van der Waals surface area contributed by atoms with E-state index in [0.717, 1.165) is 18.2 Å². The average molecular weight is 356 g/mol. The van der Waals surface area contributed by atoms with Crippen molar-refractivity contribution in [2.45, 2.75) is 0 Å². The second kappa shape index (κ2) is 6.68. The lowest BCUT2D eigenvalue weighted by Gasteiger charge is -2.06. The van der Waals surface area contributed by atoms with Crippen LogP contribution in [0.3, 0.4) is 0 Å². The maximum absolute atomic E-state index is 12.3. The lowest BCUT2D eigenvalue weighted by atomic mass is 10.1. The highest BCUT2D eigenvalue weighted by Crippen LogP contribution is 2.23. The molecule has 0 aliphatic carbocycles. The predicted octanol–water partition coefficient (Wildman–Crippen LogP) is 1.13. The summed E-state index contributed by atoms with van der Waals surface area (Å²) in [4.78, 5) is 44.0. The molecule has 2 heterocycles. The summed E-state index contributed by atoms with van der Waals surface area (Å²) >= 11 is 0. The Morgan fingerprint density at radius 2 is 1.69 bits per heavy atom. The van der Waals surface area contributed by atoms with Crippen molar-refractivity contribution < 1.29 is 14.6 Å². The van der Waals surface area contributed by atoms with E-state index >= 15 is 0 Å². The van der Waals surface area contributed by atoms with Crippen LogP contribution < -0.4 is 5.32 Å². The van der Waals surface area contributed by atoms with Crippen LogP contribution in [-0.4, -0.2) is 40.5 Å². The first-order valence-corrected chi connectivity index (χ1v) is 6.86. The molecule has 13 heteroatoms. The fourth-order valence-electron chi connectivity index (χ4n) is 1.99. The van der Waals surface area contributed by atoms with E-state index in [1.807, 2.05) is 0 Å². The standard InChI is InChI=1S/C13H8N8O5/c22-13(8-1-9(20(23)24)3-10(2-8)21(25)26)18-11-4-12(16-6-15-11)19-7-14-5-17-19/h1-7H,(H,15,16,18,22). The zero-order chi connectivity index (χ0) is 18.7. The molecule has 0 fully saturated rings. The molecule has 0 unspecified atom stereocenters. The summed E-state index contributed by atoms with van der Waals surface area (Å²) in [5.41, 5.74) is -1.41. The van der Waals surface area contributed by atoms with Gasteiger partial charge in [-0.05, 0) is 0 Å². The molecule has 1 aromatic carbocycles. The number of nitro groups is 2. The molecular weight excluding hydrogens is 348 g/mol. The first kappa shape index (κ1) is 16.6. The van der Waals surface area contributed by atoms with E-state index in [0.29, 0.717) is 5.82 Å². The zero-order valence-electron chi connectivity index (χ0n) is 12.7. The Balaban J connectivity index is 1.90. The van der Waals surface area contributed by atoms with Gasteiger partial charge >= 0.3 is 0 Å². The van der Waals surface area contributed by atoms with Crippen molar-refractivity contribution in [2.75, 3.05) is 5.32 Å². The van der Waals surface area contributed by atoms with E-state index in [4.69, 9.17) is 0 Å². The highest BCUT2D eigenvalue weighted by atomic mass is 16.6. The number of carbonyl (C=O) groups excluding carboxylic acids is 1. The molecule has 1 amide bonds. The Morgan fingerprint density at radius 3 is 2.27 bits per heavy atom.